The minimum absolute atomic E-state index is 0.0959. The molecule has 1 aliphatic heterocycles. The van der Waals surface area contributed by atoms with E-state index in [-0.39, 0.29) is 30.9 Å². The van der Waals surface area contributed by atoms with Crippen LogP contribution in [0.3, 0.4) is 0 Å². The van der Waals surface area contributed by atoms with Crippen LogP contribution < -0.4 is 10.2 Å². The van der Waals surface area contributed by atoms with E-state index in [2.05, 4.69) is 5.32 Å². The average molecular weight is 359 g/mol. The number of rotatable bonds is 5. The number of anilines is 1. The van der Waals surface area contributed by atoms with Crippen LogP contribution >= 0.6 is 11.6 Å². The lowest BCUT2D eigenvalue weighted by Crippen LogP contribution is -3.11. The predicted octanol–water partition coefficient (Wildman–Crippen LogP) is 1.05. The van der Waals surface area contributed by atoms with E-state index in [1.807, 2.05) is 0 Å². The zero-order valence-corrected chi connectivity index (χ0v) is 14.3. The van der Waals surface area contributed by atoms with Gasteiger partial charge in [0.05, 0.1) is 28.9 Å². The number of hydrogen-bond donors (Lipinski definition) is 2. The van der Waals surface area contributed by atoms with Crippen LogP contribution in [-0.2, 0) is 4.79 Å². The summed E-state index contributed by atoms with van der Waals surface area (Å²) in [5.41, 5.74) is 1.34. The monoisotopic (exact) mass is 358 g/mol. The van der Waals surface area contributed by atoms with Crippen LogP contribution in [0.5, 0.6) is 0 Å². The van der Waals surface area contributed by atoms with Crippen molar-refractivity contribution in [1.82, 2.24) is 4.90 Å². The smallest absolute Gasteiger partial charge is 0.279 e. The largest absolute Gasteiger partial charge is 0.320 e. The van der Waals surface area contributed by atoms with Crippen LogP contribution in [-0.4, -0.2) is 42.9 Å². The van der Waals surface area contributed by atoms with E-state index < -0.39 is 0 Å². The third-order valence-corrected chi connectivity index (χ3v) is 4.25. The van der Waals surface area contributed by atoms with Crippen LogP contribution in [0.1, 0.15) is 20.7 Å². The van der Waals surface area contributed by atoms with E-state index >= 15 is 0 Å². The molecule has 0 radical (unpaired) electrons. The van der Waals surface area contributed by atoms with Crippen LogP contribution in [0.15, 0.2) is 48.5 Å². The van der Waals surface area contributed by atoms with E-state index in [0.29, 0.717) is 26.7 Å². The van der Waals surface area contributed by atoms with Crippen molar-refractivity contribution in [2.45, 2.75) is 0 Å². The topological polar surface area (TPSA) is 70.9 Å². The zero-order chi connectivity index (χ0) is 18.0. The van der Waals surface area contributed by atoms with E-state index in [1.165, 1.54) is 4.90 Å². The normalized spacial score (nSPS) is 14.4. The van der Waals surface area contributed by atoms with Crippen LogP contribution in [0.4, 0.5) is 5.69 Å². The van der Waals surface area contributed by atoms with Crippen molar-refractivity contribution < 1.29 is 19.3 Å². The molecule has 2 aromatic carbocycles. The Morgan fingerprint density at radius 3 is 2.20 bits per heavy atom. The summed E-state index contributed by atoms with van der Waals surface area (Å²) >= 11 is 6.01. The van der Waals surface area contributed by atoms with Crippen molar-refractivity contribution in [3.05, 3.63) is 64.7 Å². The molecule has 6 nitrogen and oxygen atoms in total. The number of benzene rings is 2. The Labute approximate surface area is 150 Å². The van der Waals surface area contributed by atoms with Crippen molar-refractivity contribution in [3.8, 4) is 0 Å². The molecule has 2 aromatic rings. The molecule has 0 spiro atoms. The number of hydrogen-bond acceptors (Lipinski definition) is 3. The van der Waals surface area contributed by atoms with Gasteiger partial charge >= 0.3 is 0 Å². The first-order valence-electron chi connectivity index (χ1n) is 7.78. The number of nitrogens with one attached hydrogen (secondary N) is 2. The molecule has 2 N–H and O–H groups in total. The maximum Gasteiger partial charge on any atom is 0.279 e. The summed E-state index contributed by atoms with van der Waals surface area (Å²) in [5, 5.41) is 3.18. The molecular weight excluding hydrogens is 342 g/mol. The Morgan fingerprint density at radius 2 is 1.60 bits per heavy atom. The van der Waals surface area contributed by atoms with Gasteiger partial charge in [-0.2, -0.15) is 0 Å². The van der Waals surface area contributed by atoms with Crippen LogP contribution in [0.2, 0.25) is 5.02 Å². The van der Waals surface area contributed by atoms with Gasteiger partial charge in [-0.3, -0.25) is 14.4 Å². The number of fused-ring (bicyclic) bond motifs is 1. The first kappa shape index (κ1) is 17.1. The Bertz CT molecular complexity index is 818. The molecule has 0 bridgehead atoms. The number of para-hydroxylation sites is 1. The van der Waals surface area contributed by atoms with Crippen molar-refractivity contribution in [2.24, 2.45) is 0 Å². The number of nitrogens with zero attached hydrogens (tertiary/aromatic N) is 1. The second kappa shape index (κ2) is 7.04. The van der Waals surface area contributed by atoms with Gasteiger partial charge in [0.2, 0.25) is 0 Å². The standard InChI is InChI=1S/C18H16ClN3O3/c1-21(10-16(23)20-15-9-5-4-8-14(15)19)11-22-17(24)12-6-2-3-7-13(12)18(22)25/h2-9H,10-11H2,1H3,(H,20,23)/p+1. The number of carbonyl (C=O) groups excluding carboxylic acids is 3. The summed E-state index contributed by atoms with van der Waals surface area (Å²) in [7, 11) is 1.75. The Kier molecular flexibility index (Phi) is 4.83. The summed E-state index contributed by atoms with van der Waals surface area (Å²) in [6.07, 6.45) is 0. The predicted molar refractivity (Wildman–Crippen MR) is 93.6 cm³/mol. The number of imide groups is 1. The van der Waals surface area contributed by atoms with E-state index in [1.54, 1.807) is 55.6 Å². The summed E-state index contributed by atoms with van der Waals surface area (Å²) in [6.45, 7) is 0.209. The maximum absolute atomic E-state index is 12.3. The number of likely N-dealkylation sites (N-methyl/N-ethyl adjacent to an activating group) is 1. The second-order valence-electron chi connectivity index (χ2n) is 5.90. The fourth-order valence-corrected chi connectivity index (χ4v) is 2.92. The van der Waals surface area contributed by atoms with Crippen molar-refractivity contribution in [3.63, 3.8) is 0 Å². The Morgan fingerprint density at radius 1 is 1.04 bits per heavy atom. The highest BCUT2D eigenvalue weighted by molar-refractivity contribution is 6.33. The quantitative estimate of drug-likeness (QED) is 0.785. The lowest BCUT2D eigenvalue weighted by atomic mass is 10.1. The zero-order valence-electron chi connectivity index (χ0n) is 13.6. The number of halogens is 1. The Hall–Kier alpha value is -2.70. The van der Waals surface area contributed by atoms with Gasteiger partial charge in [0.25, 0.3) is 17.7 Å². The van der Waals surface area contributed by atoms with E-state index in [0.717, 1.165) is 0 Å². The van der Waals surface area contributed by atoms with Crippen molar-refractivity contribution in [2.75, 3.05) is 25.6 Å². The van der Waals surface area contributed by atoms with E-state index in [9.17, 15) is 14.4 Å². The van der Waals surface area contributed by atoms with Gasteiger partial charge in [0.1, 0.15) is 0 Å². The highest BCUT2D eigenvalue weighted by Gasteiger charge is 2.37. The fraction of sp³-hybridized carbons (Fsp3) is 0.167. The molecule has 25 heavy (non-hydrogen) atoms. The molecule has 0 saturated heterocycles. The third kappa shape index (κ3) is 3.55. The highest BCUT2D eigenvalue weighted by Crippen LogP contribution is 2.21. The van der Waals surface area contributed by atoms with Crippen LogP contribution in [0, 0.1) is 0 Å². The van der Waals surface area contributed by atoms with Gasteiger partial charge in [0, 0.05) is 0 Å². The highest BCUT2D eigenvalue weighted by atomic mass is 35.5. The second-order valence-corrected chi connectivity index (χ2v) is 6.31. The maximum atomic E-state index is 12.3. The molecule has 1 aliphatic rings. The number of carbonyl (C=O) groups is 3. The van der Waals surface area contributed by atoms with E-state index in [4.69, 9.17) is 11.6 Å². The SMILES string of the molecule is C[NH+](CC(=O)Nc1ccccc1Cl)CN1C(=O)c2ccccc2C1=O. The minimum atomic E-state index is -0.327. The third-order valence-electron chi connectivity index (χ3n) is 3.92. The summed E-state index contributed by atoms with van der Waals surface area (Å²) < 4.78 is 0. The molecule has 128 valence electrons. The average Bonchev–Trinajstić information content (AvgIpc) is 2.82. The molecule has 0 aliphatic carbocycles. The van der Waals surface area contributed by atoms with Gasteiger partial charge in [-0.05, 0) is 24.3 Å². The number of amides is 3. The molecule has 0 fully saturated rings. The lowest BCUT2D eigenvalue weighted by Gasteiger charge is -2.19. The van der Waals surface area contributed by atoms with Crippen LogP contribution in [0.25, 0.3) is 0 Å². The molecule has 0 saturated carbocycles. The molecule has 3 rings (SSSR count). The summed E-state index contributed by atoms with van der Waals surface area (Å²) in [6, 6.07) is 13.7. The molecule has 0 aromatic heterocycles. The Balaban J connectivity index is 1.61. The lowest BCUT2D eigenvalue weighted by molar-refractivity contribution is -0.878. The molecular formula is C18H17ClN3O3+. The van der Waals surface area contributed by atoms with Crippen molar-refractivity contribution >= 4 is 35.0 Å². The first-order chi connectivity index (χ1) is 12.0. The molecule has 1 unspecified atom stereocenters. The number of quaternary nitrogens is 1. The molecule has 1 heterocycles. The van der Waals surface area contributed by atoms with Gasteiger partial charge in [-0.15, -0.1) is 0 Å². The van der Waals surface area contributed by atoms with Gasteiger partial charge in [0.15, 0.2) is 13.2 Å². The minimum Gasteiger partial charge on any atom is -0.320 e. The van der Waals surface area contributed by atoms with Crippen molar-refractivity contribution in [1.29, 1.82) is 0 Å². The van der Waals surface area contributed by atoms with Gasteiger partial charge < -0.3 is 10.2 Å². The van der Waals surface area contributed by atoms with Gasteiger partial charge in [-0.1, -0.05) is 35.9 Å². The molecule has 7 heteroatoms. The summed E-state index contributed by atoms with van der Waals surface area (Å²) in [4.78, 5) is 38.7. The summed E-state index contributed by atoms with van der Waals surface area (Å²) in [5.74, 6) is -0.903. The first-order valence-corrected chi connectivity index (χ1v) is 8.16. The molecule has 3 amide bonds. The fourth-order valence-electron chi connectivity index (χ4n) is 2.74. The molecule has 1 atom stereocenters. The van der Waals surface area contributed by atoms with Gasteiger partial charge in [-0.25, -0.2) is 4.90 Å².